The normalized spacial score (nSPS) is 16.2. The lowest BCUT2D eigenvalue weighted by molar-refractivity contribution is 0.0233. The molecule has 2 aliphatic heterocycles. The maximum atomic E-state index is 16.5. The average Bonchev–Trinajstić information content (AvgIpc) is 3.23. The lowest BCUT2D eigenvalue weighted by atomic mass is 9.95. The van der Waals surface area contributed by atoms with Crippen molar-refractivity contribution in [2.45, 2.75) is 65.1 Å². The first-order valence-corrected chi connectivity index (χ1v) is 16.7. The molecule has 5 rings (SSSR count). The smallest absolute Gasteiger partial charge is 0.410 e. The number of carbonyl (C=O) groups excluding carboxylic acids is 2. The summed E-state index contributed by atoms with van der Waals surface area (Å²) in [4.78, 5) is 35.0. The summed E-state index contributed by atoms with van der Waals surface area (Å²) in [6.45, 7) is 7.70. The van der Waals surface area contributed by atoms with Crippen LogP contribution in [0.5, 0.6) is 17.2 Å². The second-order valence-electron chi connectivity index (χ2n) is 13.4. The van der Waals surface area contributed by atoms with Gasteiger partial charge in [0.05, 0.1) is 38.6 Å². The zero-order valence-corrected chi connectivity index (χ0v) is 29.3. The highest BCUT2D eigenvalue weighted by Gasteiger charge is 2.37. The molecular weight excluding hydrogens is 631 g/mol. The van der Waals surface area contributed by atoms with Crippen molar-refractivity contribution in [1.82, 2.24) is 14.8 Å². The number of anilines is 2. The van der Waals surface area contributed by atoms with E-state index >= 15 is 4.39 Å². The van der Waals surface area contributed by atoms with Crippen molar-refractivity contribution in [2.75, 3.05) is 52.9 Å². The van der Waals surface area contributed by atoms with Gasteiger partial charge in [0, 0.05) is 49.6 Å². The van der Waals surface area contributed by atoms with Gasteiger partial charge in [0.25, 0.3) is 5.91 Å². The minimum atomic E-state index is -0.615. The Hall–Kier alpha value is -4.58. The van der Waals surface area contributed by atoms with Crippen LogP contribution >= 0.6 is 0 Å². The number of aromatic nitrogens is 1. The SMILES string of the molecule is COCCOc1ccc(Nc2nc(CC3CCCCN(C(=O)OC(C)(C)C)C3)c(F)c3c2C(=O)N(Cc2ccc(OC)cc2OC)C3)cc1. The van der Waals surface area contributed by atoms with Crippen LogP contribution in [0.25, 0.3) is 0 Å². The molecule has 0 radical (unpaired) electrons. The van der Waals surface area contributed by atoms with E-state index in [1.165, 1.54) is 0 Å². The van der Waals surface area contributed by atoms with Crippen molar-refractivity contribution in [3.8, 4) is 17.2 Å². The summed E-state index contributed by atoms with van der Waals surface area (Å²) >= 11 is 0. The monoisotopic (exact) mass is 678 g/mol. The summed E-state index contributed by atoms with van der Waals surface area (Å²) in [7, 11) is 4.74. The van der Waals surface area contributed by atoms with Crippen molar-refractivity contribution in [3.63, 3.8) is 0 Å². The van der Waals surface area contributed by atoms with Crippen molar-refractivity contribution < 1.29 is 37.7 Å². The standard InChI is InChI=1S/C37H47FN4O7/c1-37(2,3)49-36(44)41-16-8-7-9-24(21-41)19-30-33(38)29-23-42(22-25-10-13-28(46-5)20-31(25)47-6)35(43)32(29)34(40-30)39-26-11-14-27(15-12-26)48-18-17-45-4/h10-15,20,24H,7-9,16-19,21-23H2,1-6H3,(H,39,40). The van der Waals surface area contributed by atoms with E-state index in [-0.39, 0.29) is 48.1 Å². The van der Waals surface area contributed by atoms with Gasteiger partial charge in [-0.3, -0.25) is 4.79 Å². The Morgan fingerprint density at radius 1 is 1.02 bits per heavy atom. The molecule has 0 spiro atoms. The maximum Gasteiger partial charge on any atom is 0.410 e. The molecule has 0 aliphatic carbocycles. The van der Waals surface area contributed by atoms with Crippen LogP contribution in [-0.4, -0.2) is 80.0 Å². The second-order valence-corrected chi connectivity index (χ2v) is 13.4. The molecular formula is C37H47FN4O7. The molecule has 1 atom stereocenters. The summed E-state index contributed by atoms with van der Waals surface area (Å²) in [5.41, 5.74) is 1.56. The number of nitrogens with one attached hydrogen (secondary N) is 1. The number of halogens is 1. The van der Waals surface area contributed by atoms with Crippen LogP contribution in [-0.2, 0) is 29.0 Å². The van der Waals surface area contributed by atoms with Crippen molar-refractivity contribution >= 4 is 23.5 Å². The topological polar surface area (TPSA) is 112 Å². The maximum absolute atomic E-state index is 16.5. The minimum absolute atomic E-state index is 0.0387. The number of hydrogen-bond acceptors (Lipinski definition) is 9. The first-order valence-electron chi connectivity index (χ1n) is 16.7. The highest BCUT2D eigenvalue weighted by atomic mass is 19.1. The molecule has 12 heteroatoms. The quantitative estimate of drug-likeness (QED) is 0.208. The van der Waals surface area contributed by atoms with Gasteiger partial charge in [-0.15, -0.1) is 0 Å². The molecule has 0 saturated carbocycles. The fraction of sp³-hybridized carbons (Fsp3) is 0.486. The molecule has 1 unspecified atom stereocenters. The van der Waals surface area contributed by atoms with E-state index in [1.807, 2.05) is 51.1 Å². The van der Waals surface area contributed by atoms with Gasteiger partial charge in [-0.2, -0.15) is 0 Å². The molecule has 1 saturated heterocycles. The third kappa shape index (κ3) is 8.91. The molecule has 264 valence electrons. The number of ether oxygens (including phenoxy) is 5. The third-order valence-corrected chi connectivity index (χ3v) is 8.59. The molecule has 3 aromatic rings. The Morgan fingerprint density at radius 2 is 1.78 bits per heavy atom. The van der Waals surface area contributed by atoms with Crippen LogP contribution in [0.4, 0.5) is 20.7 Å². The third-order valence-electron chi connectivity index (χ3n) is 8.59. The van der Waals surface area contributed by atoms with Gasteiger partial charge in [0.2, 0.25) is 0 Å². The molecule has 3 heterocycles. The van der Waals surface area contributed by atoms with E-state index in [2.05, 4.69) is 5.32 Å². The summed E-state index contributed by atoms with van der Waals surface area (Å²) in [6, 6.07) is 12.7. The predicted molar refractivity (Wildman–Crippen MR) is 183 cm³/mol. The molecule has 1 N–H and O–H groups in total. The van der Waals surface area contributed by atoms with Crippen LogP contribution in [0, 0.1) is 11.7 Å². The van der Waals surface area contributed by atoms with E-state index in [4.69, 9.17) is 28.7 Å². The summed E-state index contributed by atoms with van der Waals surface area (Å²) in [5, 5.41) is 3.29. The van der Waals surface area contributed by atoms with E-state index in [9.17, 15) is 9.59 Å². The van der Waals surface area contributed by atoms with Gasteiger partial charge in [-0.1, -0.05) is 6.42 Å². The summed E-state index contributed by atoms with van der Waals surface area (Å²) < 4.78 is 43.8. The summed E-state index contributed by atoms with van der Waals surface area (Å²) in [5.74, 6) is 1.28. The zero-order chi connectivity index (χ0) is 35.1. The Labute approximate surface area is 287 Å². The minimum Gasteiger partial charge on any atom is -0.497 e. The lowest BCUT2D eigenvalue weighted by Crippen LogP contribution is -2.39. The Morgan fingerprint density at radius 3 is 2.47 bits per heavy atom. The van der Waals surface area contributed by atoms with Crippen molar-refractivity contribution in [1.29, 1.82) is 0 Å². The van der Waals surface area contributed by atoms with Crippen LogP contribution in [0.3, 0.4) is 0 Å². The number of pyridine rings is 1. The van der Waals surface area contributed by atoms with Crippen molar-refractivity contribution in [2.24, 2.45) is 5.92 Å². The molecule has 2 amide bonds. The molecule has 2 aromatic carbocycles. The van der Waals surface area contributed by atoms with Crippen LogP contribution in [0.15, 0.2) is 42.5 Å². The highest BCUT2D eigenvalue weighted by molar-refractivity contribution is 6.03. The first-order chi connectivity index (χ1) is 23.5. The number of benzene rings is 2. The number of nitrogens with zero attached hydrogens (tertiary/aromatic N) is 3. The highest BCUT2D eigenvalue weighted by Crippen LogP contribution is 2.37. The number of methoxy groups -OCH3 is 3. The van der Waals surface area contributed by atoms with Gasteiger partial charge in [-0.25, -0.2) is 14.2 Å². The first kappa shape index (κ1) is 35.7. The van der Waals surface area contributed by atoms with Gasteiger partial charge in [0.15, 0.2) is 5.82 Å². The van der Waals surface area contributed by atoms with Crippen LogP contribution < -0.4 is 19.5 Å². The molecule has 2 aliphatic rings. The largest absolute Gasteiger partial charge is 0.497 e. The number of carbonyl (C=O) groups is 2. The lowest BCUT2D eigenvalue weighted by Gasteiger charge is -2.28. The van der Waals surface area contributed by atoms with Gasteiger partial charge in [-0.05, 0) is 82.3 Å². The average molecular weight is 679 g/mol. The fourth-order valence-electron chi connectivity index (χ4n) is 6.18. The molecule has 1 aromatic heterocycles. The molecule has 11 nitrogen and oxygen atoms in total. The fourth-order valence-corrected chi connectivity index (χ4v) is 6.18. The predicted octanol–water partition coefficient (Wildman–Crippen LogP) is 6.74. The van der Waals surface area contributed by atoms with E-state index in [0.29, 0.717) is 61.2 Å². The van der Waals surface area contributed by atoms with E-state index in [1.54, 1.807) is 43.3 Å². The van der Waals surface area contributed by atoms with Crippen molar-refractivity contribution in [3.05, 3.63) is 70.7 Å². The molecule has 49 heavy (non-hydrogen) atoms. The molecule has 0 bridgehead atoms. The number of rotatable bonds is 12. The second kappa shape index (κ2) is 15.8. The Balaban J connectivity index is 1.45. The summed E-state index contributed by atoms with van der Waals surface area (Å²) in [6.07, 6.45) is 2.49. The van der Waals surface area contributed by atoms with Crippen LogP contribution in [0.1, 0.15) is 67.2 Å². The van der Waals surface area contributed by atoms with E-state index in [0.717, 1.165) is 24.8 Å². The Bertz CT molecular complexity index is 1630. The number of fused-ring (bicyclic) bond motifs is 1. The Kier molecular flexibility index (Phi) is 11.5. The van der Waals surface area contributed by atoms with Gasteiger partial charge < -0.3 is 38.8 Å². The van der Waals surface area contributed by atoms with Gasteiger partial charge in [0.1, 0.15) is 35.3 Å². The number of likely N-dealkylation sites (tertiary alicyclic amines) is 1. The molecule has 1 fully saturated rings. The zero-order valence-electron chi connectivity index (χ0n) is 29.3. The number of hydrogen-bond donors (Lipinski definition) is 1. The van der Waals surface area contributed by atoms with Gasteiger partial charge >= 0.3 is 6.09 Å². The van der Waals surface area contributed by atoms with Crippen LogP contribution in [0.2, 0.25) is 0 Å². The van der Waals surface area contributed by atoms with E-state index < -0.39 is 11.4 Å². The number of amides is 2.